The van der Waals surface area contributed by atoms with Crippen LogP contribution < -0.4 is 10.4 Å². The van der Waals surface area contributed by atoms with Gasteiger partial charge in [-0.25, -0.2) is 4.79 Å². The van der Waals surface area contributed by atoms with Gasteiger partial charge in [0, 0.05) is 12.6 Å². The molecule has 1 aromatic carbocycles. The van der Waals surface area contributed by atoms with Gasteiger partial charge in [0.05, 0.1) is 5.56 Å². The van der Waals surface area contributed by atoms with Gasteiger partial charge in [0.25, 0.3) is 0 Å². The van der Waals surface area contributed by atoms with Crippen LogP contribution in [-0.4, -0.2) is 17.0 Å². The third-order valence-corrected chi connectivity index (χ3v) is 1.54. The Labute approximate surface area is 80.0 Å². The van der Waals surface area contributed by atoms with E-state index in [4.69, 9.17) is 5.11 Å². The zero-order valence-corrected chi connectivity index (χ0v) is 7.40. The van der Waals surface area contributed by atoms with Gasteiger partial charge in [-0.1, -0.05) is 11.8 Å². The van der Waals surface area contributed by atoms with Crippen molar-refractivity contribution in [3.05, 3.63) is 23.8 Å². The molecule has 0 fully saturated rings. The fourth-order valence-corrected chi connectivity index (χ4v) is 0.950. The number of benzene rings is 1. The Morgan fingerprint density at radius 3 is 2.57 bits per heavy atom. The fraction of sp³-hybridized carbons (Fsp3) is 0.111. The number of rotatable bonds is 2. The molecule has 0 aliphatic carbocycles. The minimum absolute atomic E-state index is 0.0163. The van der Waals surface area contributed by atoms with Gasteiger partial charge < -0.3 is 15.5 Å². The van der Waals surface area contributed by atoms with Crippen LogP contribution in [0.4, 0.5) is 5.69 Å². The first-order valence-electron chi connectivity index (χ1n) is 3.82. The second-order valence-corrected chi connectivity index (χ2v) is 2.70. The Morgan fingerprint density at radius 1 is 1.43 bits per heavy atom. The van der Waals surface area contributed by atoms with E-state index in [1.165, 1.54) is 13.0 Å². The molecule has 0 saturated carbocycles. The minimum Gasteiger partial charge on any atom is -0.871 e. The summed E-state index contributed by atoms with van der Waals surface area (Å²) < 4.78 is 0. The Bertz CT molecular complexity index is 386. The number of amides is 1. The first-order chi connectivity index (χ1) is 6.50. The molecule has 0 heterocycles. The molecule has 74 valence electrons. The highest BCUT2D eigenvalue weighted by atomic mass is 16.4. The zero-order chi connectivity index (χ0) is 10.7. The van der Waals surface area contributed by atoms with Crippen LogP contribution in [0.2, 0.25) is 0 Å². The first kappa shape index (κ1) is 10.0. The molecule has 0 aliphatic rings. The van der Waals surface area contributed by atoms with Crippen molar-refractivity contribution in [2.45, 2.75) is 6.92 Å². The molecule has 0 unspecified atom stereocenters. The van der Waals surface area contributed by atoms with Crippen molar-refractivity contribution in [3.8, 4) is 5.75 Å². The summed E-state index contributed by atoms with van der Waals surface area (Å²) in [6.45, 7) is 1.24. The number of aromatic carboxylic acids is 1. The van der Waals surface area contributed by atoms with Crippen LogP contribution in [0.5, 0.6) is 5.75 Å². The van der Waals surface area contributed by atoms with Gasteiger partial charge in [-0.15, -0.1) is 0 Å². The molecule has 0 spiro atoms. The van der Waals surface area contributed by atoms with E-state index < -0.39 is 17.6 Å². The molecule has 0 radical (unpaired) electrons. The van der Waals surface area contributed by atoms with E-state index in [-0.39, 0.29) is 11.3 Å². The highest BCUT2D eigenvalue weighted by Gasteiger charge is 2.04. The normalized spacial score (nSPS) is 9.50. The van der Waals surface area contributed by atoms with Gasteiger partial charge >= 0.3 is 5.97 Å². The number of carboxylic acids is 1. The van der Waals surface area contributed by atoms with E-state index in [0.717, 1.165) is 12.1 Å². The van der Waals surface area contributed by atoms with E-state index in [2.05, 4.69) is 5.32 Å². The monoisotopic (exact) mass is 194 g/mol. The number of hydrogen-bond donors (Lipinski definition) is 2. The highest BCUT2D eigenvalue weighted by molar-refractivity contribution is 5.94. The summed E-state index contributed by atoms with van der Waals surface area (Å²) >= 11 is 0. The van der Waals surface area contributed by atoms with Gasteiger partial charge in [0.1, 0.15) is 0 Å². The van der Waals surface area contributed by atoms with Crippen LogP contribution in [0, 0.1) is 0 Å². The molecule has 14 heavy (non-hydrogen) atoms. The Kier molecular flexibility index (Phi) is 2.71. The lowest BCUT2D eigenvalue weighted by Gasteiger charge is -2.13. The van der Waals surface area contributed by atoms with Crippen LogP contribution in [0.1, 0.15) is 17.3 Å². The van der Waals surface area contributed by atoms with Crippen LogP contribution in [0.15, 0.2) is 18.2 Å². The molecule has 1 aromatic rings. The maximum atomic E-state index is 11.1. The van der Waals surface area contributed by atoms with Crippen molar-refractivity contribution in [2.24, 2.45) is 0 Å². The first-order valence-corrected chi connectivity index (χ1v) is 3.82. The number of carbonyl (C=O) groups excluding carboxylic acids is 1. The summed E-state index contributed by atoms with van der Waals surface area (Å²) in [6.07, 6.45) is 0. The molecular weight excluding hydrogens is 186 g/mol. The molecule has 0 aliphatic heterocycles. The van der Waals surface area contributed by atoms with E-state index in [1.54, 1.807) is 0 Å². The summed E-state index contributed by atoms with van der Waals surface area (Å²) in [5.74, 6) is -1.97. The third kappa shape index (κ3) is 2.22. The van der Waals surface area contributed by atoms with Gasteiger partial charge in [-0.2, -0.15) is 0 Å². The lowest BCUT2D eigenvalue weighted by molar-refractivity contribution is -0.267. The Balaban J connectivity index is 3.08. The van der Waals surface area contributed by atoms with Gasteiger partial charge in [0.15, 0.2) is 0 Å². The molecule has 1 rings (SSSR count). The molecular formula is C9H8NO4-. The van der Waals surface area contributed by atoms with Crippen LogP contribution in [0.3, 0.4) is 0 Å². The second kappa shape index (κ2) is 3.78. The standard InChI is InChI=1S/C9H9NO4/c1-5(11)10-7-4-6(9(13)14)2-3-8(7)12/h2-4,12H,1H3,(H,10,11)(H,13,14)/p-1. The van der Waals surface area contributed by atoms with Crippen LogP contribution in [0.25, 0.3) is 0 Å². The maximum Gasteiger partial charge on any atom is 0.335 e. The minimum atomic E-state index is -1.14. The summed E-state index contributed by atoms with van der Waals surface area (Å²) in [7, 11) is 0. The SMILES string of the molecule is CC(=O)Nc1cc(C(=O)O)ccc1[O-]. The van der Waals surface area contributed by atoms with E-state index in [0.29, 0.717) is 0 Å². The number of anilines is 1. The lowest BCUT2D eigenvalue weighted by atomic mass is 10.2. The highest BCUT2D eigenvalue weighted by Crippen LogP contribution is 2.21. The molecule has 2 N–H and O–H groups in total. The summed E-state index contributed by atoms with van der Waals surface area (Å²) in [5.41, 5.74) is -0.0502. The van der Waals surface area contributed by atoms with Crippen molar-refractivity contribution >= 4 is 17.6 Å². The number of hydrogen-bond acceptors (Lipinski definition) is 3. The number of carboxylic acid groups (broad SMARTS) is 1. The fourth-order valence-electron chi connectivity index (χ4n) is 0.950. The quantitative estimate of drug-likeness (QED) is 0.713. The Hall–Kier alpha value is -2.04. The van der Waals surface area contributed by atoms with E-state index >= 15 is 0 Å². The summed E-state index contributed by atoms with van der Waals surface area (Å²) in [4.78, 5) is 21.2. The number of nitrogens with one attached hydrogen (secondary N) is 1. The second-order valence-electron chi connectivity index (χ2n) is 2.70. The smallest absolute Gasteiger partial charge is 0.335 e. The van der Waals surface area contributed by atoms with E-state index in [9.17, 15) is 14.7 Å². The average molecular weight is 194 g/mol. The molecule has 0 atom stereocenters. The zero-order valence-electron chi connectivity index (χ0n) is 7.40. The summed E-state index contributed by atoms with van der Waals surface area (Å²) in [5, 5.41) is 22.0. The predicted octanol–water partition coefficient (Wildman–Crippen LogP) is 0.417. The van der Waals surface area contributed by atoms with Crippen molar-refractivity contribution in [1.29, 1.82) is 0 Å². The van der Waals surface area contributed by atoms with Crippen molar-refractivity contribution < 1.29 is 19.8 Å². The summed E-state index contributed by atoms with van der Waals surface area (Å²) in [6, 6.07) is 3.43. The van der Waals surface area contributed by atoms with Crippen molar-refractivity contribution in [1.82, 2.24) is 0 Å². The molecule has 5 nitrogen and oxygen atoms in total. The van der Waals surface area contributed by atoms with Crippen molar-refractivity contribution in [3.63, 3.8) is 0 Å². The predicted molar refractivity (Wildman–Crippen MR) is 47.2 cm³/mol. The van der Waals surface area contributed by atoms with E-state index in [1.807, 2.05) is 0 Å². The lowest BCUT2D eigenvalue weighted by Crippen LogP contribution is -2.09. The molecule has 0 bridgehead atoms. The largest absolute Gasteiger partial charge is 0.871 e. The van der Waals surface area contributed by atoms with Crippen LogP contribution in [-0.2, 0) is 4.79 Å². The number of carbonyl (C=O) groups is 2. The van der Waals surface area contributed by atoms with Gasteiger partial charge in [0.2, 0.25) is 5.91 Å². The van der Waals surface area contributed by atoms with Crippen LogP contribution >= 0.6 is 0 Å². The van der Waals surface area contributed by atoms with Gasteiger partial charge in [-0.3, -0.25) is 4.79 Å². The Morgan fingerprint density at radius 2 is 2.07 bits per heavy atom. The topological polar surface area (TPSA) is 89.5 Å². The molecule has 5 heteroatoms. The average Bonchev–Trinajstić information content (AvgIpc) is 2.07. The molecule has 1 amide bonds. The molecule has 0 saturated heterocycles. The third-order valence-electron chi connectivity index (χ3n) is 1.54. The van der Waals surface area contributed by atoms with Crippen molar-refractivity contribution in [2.75, 3.05) is 5.32 Å². The molecule has 0 aromatic heterocycles. The van der Waals surface area contributed by atoms with Gasteiger partial charge in [-0.05, 0) is 12.1 Å². The maximum absolute atomic E-state index is 11.1.